The SMILES string of the molecule is CC1CCNCC1NC(=O)CCc1ccc(S(=O)(=O)N2CCCCC2)cc1.Cl. The van der Waals surface area contributed by atoms with Gasteiger partial charge in [0.25, 0.3) is 0 Å². The van der Waals surface area contributed by atoms with Gasteiger partial charge in [-0.05, 0) is 55.8 Å². The van der Waals surface area contributed by atoms with E-state index in [0.717, 1.165) is 44.3 Å². The highest BCUT2D eigenvalue weighted by Gasteiger charge is 2.26. The van der Waals surface area contributed by atoms with E-state index in [0.29, 0.717) is 36.7 Å². The summed E-state index contributed by atoms with van der Waals surface area (Å²) < 4.78 is 26.9. The van der Waals surface area contributed by atoms with Gasteiger partial charge >= 0.3 is 0 Å². The van der Waals surface area contributed by atoms with Crippen molar-refractivity contribution < 1.29 is 13.2 Å². The van der Waals surface area contributed by atoms with Crippen LogP contribution in [0.4, 0.5) is 0 Å². The zero-order chi connectivity index (χ0) is 19.3. The van der Waals surface area contributed by atoms with Crippen LogP contribution in [0.1, 0.15) is 44.6 Å². The third-order valence-corrected chi connectivity index (χ3v) is 7.60. The van der Waals surface area contributed by atoms with E-state index in [1.54, 1.807) is 16.4 Å². The van der Waals surface area contributed by atoms with Crippen LogP contribution in [0.2, 0.25) is 0 Å². The van der Waals surface area contributed by atoms with Crippen LogP contribution >= 0.6 is 12.4 Å². The monoisotopic (exact) mass is 429 g/mol. The molecule has 0 aliphatic carbocycles. The lowest BCUT2D eigenvalue weighted by atomic mass is 9.94. The molecular weight excluding hydrogens is 398 g/mol. The van der Waals surface area contributed by atoms with E-state index in [2.05, 4.69) is 17.6 Å². The number of benzene rings is 1. The van der Waals surface area contributed by atoms with Crippen LogP contribution in [-0.2, 0) is 21.2 Å². The molecule has 1 amide bonds. The van der Waals surface area contributed by atoms with E-state index in [1.165, 1.54) is 0 Å². The van der Waals surface area contributed by atoms with E-state index in [4.69, 9.17) is 0 Å². The quantitative estimate of drug-likeness (QED) is 0.727. The number of sulfonamides is 1. The second kappa shape index (κ2) is 10.6. The van der Waals surface area contributed by atoms with Gasteiger partial charge in [0.05, 0.1) is 4.90 Å². The molecule has 2 N–H and O–H groups in total. The van der Waals surface area contributed by atoms with Crippen molar-refractivity contribution in [2.45, 2.75) is 56.4 Å². The lowest BCUT2D eigenvalue weighted by molar-refractivity contribution is -0.122. The maximum atomic E-state index is 12.7. The number of nitrogens with one attached hydrogen (secondary N) is 2. The molecule has 2 heterocycles. The third-order valence-electron chi connectivity index (χ3n) is 5.69. The Kier molecular flexibility index (Phi) is 8.74. The fraction of sp³-hybridized carbons (Fsp3) is 0.650. The number of carbonyl (C=O) groups excluding carboxylic acids is 1. The molecule has 1 aromatic carbocycles. The Balaban J connectivity index is 0.00000280. The summed E-state index contributed by atoms with van der Waals surface area (Å²) in [6.45, 7) is 5.24. The number of rotatable bonds is 6. The average Bonchev–Trinajstić information content (AvgIpc) is 2.69. The number of amides is 1. The van der Waals surface area contributed by atoms with Gasteiger partial charge in [-0.25, -0.2) is 8.42 Å². The topological polar surface area (TPSA) is 78.5 Å². The van der Waals surface area contributed by atoms with Gasteiger partial charge in [0.2, 0.25) is 15.9 Å². The predicted octanol–water partition coefficient (Wildman–Crippen LogP) is 2.33. The minimum atomic E-state index is -3.39. The van der Waals surface area contributed by atoms with Crippen LogP contribution in [0.5, 0.6) is 0 Å². The highest BCUT2D eigenvalue weighted by molar-refractivity contribution is 7.89. The highest BCUT2D eigenvalue weighted by atomic mass is 35.5. The minimum absolute atomic E-state index is 0. The second-order valence-corrected chi connectivity index (χ2v) is 9.69. The molecule has 0 bridgehead atoms. The van der Waals surface area contributed by atoms with Crippen LogP contribution in [-0.4, -0.2) is 50.9 Å². The first kappa shape index (κ1) is 23.1. The summed E-state index contributed by atoms with van der Waals surface area (Å²) in [7, 11) is -3.39. The summed E-state index contributed by atoms with van der Waals surface area (Å²) in [5.74, 6) is 0.551. The van der Waals surface area contributed by atoms with Gasteiger partial charge in [0.15, 0.2) is 0 Å². The van der Waals surface area contributed by atoms with Crippen molar-refractivity contribution in [2.24, 2.45) is 5.92 Å². The summed E-state index contributed by atoms with van der Waals surface area (Å²) in [4.78, 5) is 12.6. The highest BCUT2D eigenvalue weighted by Crippen LogP contribution is 2.21. The second-order valence-electron chi connectivity index (χ2n) is 7.75. The smallest absolute Gasteiger partial charge is 0.243 e. The Bertz CT molecular complexity index is 734. The van der Waals surface area contributed by atoms with Crippen LogP contribution in [0.15, 0.2) is 29.2 Å². The third kappa shape index (κ3) is 5.92. The lowest BCUT2D eigenvalue weighted by Crippen LogP contribution is -2.50. The Morgan fingerprint density at radius 2 is 1.86 bits per heavy atom. The lowest BCUT2D eigenvalue weighted by Gasteiger charge is -2.30. The van der Waals surface area contributed by atoms with Crippen molar-refractivity contribution in [3.63, 3.8) is 0 Å². The fourth-order valence-electron chi connectivity index (χ4n) is 3.80. The van der Waals surface area contributed by atoms with Crippen LogP contribution in [0.3, 0.4) is 0 Å². The first-order valence-electron chi connectivity index (χ1n) is 10.1. The molecule has 3 rings (SSSR count). The van der Waals surface area contributed by atoms with Crippen molar-refractivity contribution in [2.75, 3.05) is 26.2 Å². The zero-order valence-electron chi connectivity index (χ0n) is 16.5. The predicted molar refractivity (Wildman–Crippen MR) is 113 cm³/mol. The summed E-state index contributed by atoms with van der Waals surface area (Å²) >= 11 is 0. The molecule has 0 saturated carbocycles. The summed E-state index contributed by atoms with van der Waals surface area (Å²) in [5, 5.41) is 6.43. The largest absolute Gasteiger partial charge is 0.352 e. The molecule has 1 aromatic rings. The van der Waals surface area contributed by atoms with E-state index >= 15 is 0 Å². The Labute approximate surface area is 174 Å². The number of carbonyl (C=O) groups is 1. The molecule has 2 atom stereocenters. The molecule has 8 heteroatoms. The molecule has 158 valence electrons. The molecule has 28 heavy (non-hydrogen) atoms. The zero-order valence-corrected chi connectivity index (χ0v) is 18.2. The van der Waals surface area contributed by atoms with E-state index in [1.807, 2.05) is 12.1 Å². The Morgan fingerprint density at radius 3 is 2.50 bits per heavy atom. The summed E-state index contributed by atoms with van der Waals surface area (Å²) in [6.07, 6.45) is 5.08. The Morgan fingerprint density at radius 1 is 1.18 bits per heavy atom. The van der Waals surface area contributed by atoms with Crippen molar-refractivity contribution in [1.29, 1.82) is 0 Å². The molecule has 2 saturated heterocycles. The van der Waals surface area contributed by atoms with Crippen LogP contribution < -0.4 is 10.6 Å². The summed E-state index contributed by atoms with van der Waals surface area (Å²) in [5.41, 5.74) is 0.984. The van der Waals surface area contributed by atoms with Crippen LogP contribution in [0, 0.1) is 5.92 Å². The van der Waals surface area contributed by atoms with Crippen LogP contribution in [0.25, 0.3) is 0 Å². The minimum Gasteiger partial charge on any atom is -0.352 e. The number of piperidine rings is 2. The molecule has 6 nitrogen and oxygen atoms in total. The molecule has 2 aliphatic rings. The normalized spacial score (nSPS) is 23.6. The van der Waals surface area contributed by atoms with Gasteiger partial charge in [-0.1, -0.05) is 25.5 Å². The number of hydrogen-bond acceptors (Lipinski definition) is 4. The Hall–Kier alpha value is -1.15. The first-order chi connectivity index (χ1) is 13.0. The number of hydrogen-bond donors (Lipinski definition) is 2. The maximum absolute atomic E-state index is 12.7. The van der Waals surface area contributed by atoms with Crippen molar-refractivity contribution in [1.82, 2.24) is 14.9 Å². The van der Waals surface area contributed by atoms with E-state index in [9.17, 15) is 13.2 Å². The van der Waals surface area contributed by atoms with Gasteiger partial charge in [0, 0.05) is 32.1 Å². The molecule has 2 aliphatic heterocycles. The van der Waals surface area contributed by atoms with Gasteiger partial charge in [0.1, 0.15) is 0 Å². The van der Waals surface area contributed by atoms with Gasteiger partial charge < -0.3 is 10.6 Å². The van der Waals surface area contributed by atoms with E-state index in [-0.39, 0.29) is 24.4 Å². The van der Waals surface area contributed by atoms with Gasteiger partial charge in [-0.2, -0.15) is 4.31 Å². The average molecular weight is 430 g/mol. The standard InChI is InChI=1S/C20H31N3O3S.ClH/c1-16-11-12-21-15-19(16)22-20(24)10-7-17-5-8-18(9-6-17)27(25,26)23-13-3-2-4-14-23;/h5-6,8-9,16,19,21H,2-4,7,10-15H2,1H3,(H,22,24);1H. The number of aryl methyl sites for hydroxylation is 1. The van der Waals surface area contributed by atoms with Gasteiger partial charge in [-0.3, -0.25) is 4.79 Å². The number of halogens is 1. The fourth-order valence-corrected chi connectivity index (χ4v) is 5.32. The molecule has 2 fully saturated rings. The van der Waals surface area contributed by atoms with E-state index < -0.39 is 10.0 Å². The van der Waals surface area contributed by atoms with Crippen molar-refractivity contribution in [3.8, 4) is 0 Å². The molecule has 0 aromatic heterocycles. The molecule has 2 unspecified atom stereocenters. The van der Waals surface area contributed by atoms with Gasteiger partial charge in [-0.15, -0.1) is 12.4 Å². The first-order valence-corrected chi connectivity index (χ1v) is 11.5. The van der Waals surface area contributed by atoms with Crippen molar-refractivity contribution in [3.05, 3.63) is 29.8 Å². The molecular formula is C20H32ClN3O3S. The molecule has 0 spiro atoms. The number of nitrogens with zero attached hydrogens (tertiary/aromatic N) is 1. The van der Waals surface area contributed by atoms with Crippen molar-refractivity contribution >= 4 is 28.3 Å². The summed E-state index contributed by atoms with van der Waals surface area (Å²) in [6, 6.07) is 7.20. The maximum Gasteiger partial charge on any atom is 0.243 e. The molecule has 0 radical (unpaired) electrons.